The first kappa shape index (κ1) is 12.9. The number of hydrogen-bond acceptors (Lipinski definition) is 3. The van der Waals surface area contributed by atoms with E-state index in [0.29, 0.717) is 11.0 Å². The summed E-state index contributed by atoms with van der Waals surface area (Å²) in [5.74, 6) is 0. The lowest BCUT2D eigenvalue weighted by Gasteiger charge is -2.28. The maximum atomic E-state index is 8.76. The van der Waals surface area contributed by atoms with Crippen LogP contribution in [0, 0.1) is 0 Å². The van der Waals surface area contributed by atoms with Crippen LogP contribution >= 0.6 is 12.2 Å². The molecule has 0 aliphatic heterocycles. The normalized spacial score (nSPS) is 17.5. The van der Waals surface area contributed by atoms with Crippen LogP contribution in [0.1, 0.15) is 38.5 Å². The third-order valence-corrected chi connectivity index (χ3v) is 3.18. The predicted molar refractivity (Wildman–Crippen MR) is 66.9 cm³/mol. The van der Waals surface area contributed by atoms with Crippen LogP contribution in [0.25, 0.3) is 0 Å². The van der Waals surface area contributed by atoms with E-state index in [2.05, 4.69) is 4.90 Å². The average Bonchev–Trinajstić information content (AvgIpc) is 2.68. The molecule has 3 nitrogen and oxygen atoms in total. The number of hydrogen-bond donors (Lipinski definition) is 2. The maximum Gasteiger partial charge on any atom is 0.0870 e. The summed E-state index contributed by atoms with van der Waals surface area (Å²) in [4.78, 5) is 2.98. The lowest BCUT2D eigenvalue weighted by atomic mass is 10.2. The van der Waals surface area contributed by atoms with Gasteiger partial charge in [-0.1, -0.05) is 25.1 Å². The number of nitrogens with two attached hydrogens (primary N) is 1. The fourth-order valence-corrected chi connectivity index (χ4v) is 2.45. The summed E-state index contributed by atoms with van der Waals surface area (Å²) in [5.41, 5.74) is 5.61. The predicted octanol–water partition coefficient (Wildman–Crippen LogP) is 1.29. The summed E-state index contributed by atoms with van der Waals surface area (Å²) in [7, 11) is 0. The van der Waals surface area contributed by atoms with Crippen molar-refractivity contribution in [1.82, 2.24) is 4.90 Å². The van der Waals surface area contributed by atoms with Crippen molar-refractivity contribution in [3.63, 3.8) is 0 Å². The van der Waals surface area contributed by atoms with Crippen LogP contribution in [-0.4, -0.2) is 40.7 Å². The van der Waals surface area contributed by atoms with E-state index in [-0.39, 0.29) is 6.61 Å². The number of unbranched alkanes of at least 4 members (excludes halogenated alkanes) is 1. The van der Waals surface area contributed by atoms with Gasteiger partial charge >= 0.3 is 0 Å². The third-order valence-electron chi connectivity index (χ3n) is 3.05. The van der Waals surface area contributed by atoms with E-state index in [1.165, 1.54) is 25.7 Å². The number of aliphatic hydroxyl groups excluding tert-OH is 1. The molecule has 88 valence electrons. The Labute approximate surface area is 97.6 Å². The molecule has 0 heterocycles. The highest BCUT2D eigenvalue weighted by Crippen LogP contribution is 2.23. The van der Waals surface area contributed by atoms with Gasteiger partial charge in [-0.15, -0.1) is 0 Å². The van der Waals surface area contributed by atoms with Crippen molar-refractivity contribution in [2.45, 2.75) is 44.6 Å². The summed E-state index contributed by atoms with van der Waals surface area (Å²) < 4.78 is 0. The molecule has 0 aromatic carbocycles. The Balaban J connectivity index is 2.33. The molecular weight excluding hydrogens is 208 g/mol. The summed E-state index contributed by atoms with van der Waals surface area (Å²) >= 11 is 4.97. The highest BCUT2D eigenvalue weighted by Gasteiger charge is 2.22. The molecule has 1 rings (SSSR count). The van der Waals surface area contributed by atoms with Crippen LogP contribution in [-0.2, 0) is 0 Å². The van der Waals surface area contributed by atoms with E-state index in [1.807, 2.05) is 0 Å². The molecule has 0 aromatic rings. The zero-order chi connectivity index (χ0) is 11.1. The standard InChI is InChI=1S/C11H22N2OS/c12-11(15)9-13(7-3-4-8-14)10-5-1-2-6-10/h10,14H,1-9H2,(H2,12,15). The second kappa shape index (κ2) is 7.14. The fourth-order valence-electron chi connectivity index (χ4n) is 2.29. The minimum absolute atomic E-state index is 0.283. The Morgan fingerprint density at radius 1 is 1.33 bits per heavy atom. The summed E-state index contributed by atoms with van der Waals surface area (Å²) in [6.45, 7) is 2.04. The van der Waals surface area contributed by atoms with Gasteiger partial charge in [-0.2, -0.15) is 0 Å². The minimum atomic E-state index is 0.283. The Morgan fingerprint density at radius 2 is 2.00 bits per heavy atom. The van der Waals surface area contributed by atoms with Crippen molar-refractivity contribution < 1.29 is 5.11 Å². The molecular formula is C11H22N2OS. The van der Waals surface area contributed by atoms with Crippen molar-refractivity contribution in [1.29, 1.82) is 0 Å². The molecule has 3 N–H and O–H groups in total. The van der Waals surface area contributed by atoms with Crippen LogP contribution in [0.4, 0.5) is 0 Å². The minimum Gasteiger partial charge on any atom is -0.396 e. The average molecular weight is 230 g/mol. The Morgan fingerprint density at radius 3 is 2.53 bits per heavy atom. The van der Waals surface area contributed by atoms with Crippen LogP contribution < -0.4 is 5.73 Å². The second-order valence-corrected chi connectivity index (χ2v) is 4.83. The molecule has 0 bridgehead atoms. The zero-order valence-corrected chi connectivity index (χ0v) is 10.1. The molecule has 0 amide bonds. The van der Waals surface area contributed by atoms with Gasteiger partial charge in [0.2, 0.25) is 0 Å². The largest absolute Gasteiger partial charge is 0.396 e. The van der Waals surface area contributed by atoms with Crippen molar-refractivity contribution in [3.05, 3.63) is 0 Å². The van der Waals surface area contributed by atoms with E-state index in [9.17, 15) is 0 Å². The van der Waals surface area contributed by atoms with Gasteiger partial charge in [-0.05, 0) is 32.2 Å². The summed E-state index contributed by atoms with van der Waals surface area (Å²) in [6.07, 6.45) is 7.14. The van der Waals surface area contributed by atoms with Gasteiger partial charge < -0.3 is 10.8 Å². The second-order valence-electron chi connectivity index (χ2n) is 4.31. The van der Waals surface area contributed by atoms with E-state index < -0.39 is 0 Å². The van der Waals surface area contributed by atoms with Gasteiger partial charge in [0.25, 0.3) is 0 Å². The zero-order valence-electron chi connectivity index (χ0n) is 9.32. The van der Waals surface area contributed by atoms with Crippen LogP contribution in [0.2, 0.25) is 0 Å². The molecule has 4 heteroatoms. The Kier molecular flexibility index (Phi) is 6.13. The third kappa shape index (κ3) is 4.91. The highest BCUT2D eigenvalue weighted by atomic mass is 32.1. The highest BCUT2D eigenvalue weighted by molar-refractivity contribution is 7.80. The smallest absolute Gasteiger partial charge is 0.0870 e. The molecule has 0 spiro atoms. The number of aliphatic hydroxyl groups is 1. The Hall–Kier alpha value is -0.190. The van der Waals surface area contributed by atoms with E-state index in [4.69, 9.17) is 23.1 Å². The first-order valence-corrected chi connectivity index (χ1v) is 6.28. The quantitative estimate of drug-likeness (QED) is 0.511. The molecule has 0 radical (unpaired) electrons. The molecule has 1 aliphatic carbocycles. The van der Waals surface area contributed by atoms with Gasteiger partial charge in [0.1, 0.15) is 0 Å². The molecule has 0 atom stereocenters. The molecule has 1 aliphatic rings. The van der Waals surface area contributed by atoms with Gasteiger partial charge in [0.05, 0.1) is 4.99 Å². The van der Waals surface area contributed by atoms with Crippen molar-refractivity contribution in [2.75, 3.05) is 19.7 Å². The molecule has 1 fully saturated rings. The topological polar surface area (TPSA) is 49.5 Å². The SMILES string of the molecule is NC(=S)CN(CCCCO)C1CCCC1. The van der Waals surface area contributed by atoms with Crippen molar-refractivity contribution >= 4 is 17.2 Å². The van der Waals surface area contributed by atoms with Gasteiger partial charge in [0, 0.05) is 19.2 Å². The number of rotatable bonds is 7. The number of nitrogens with zero attached hydrogens (tertiary/aromatic N) is 1. The molecule has 15 heavy (non-hydrogen) atoms. The monoisotopic (exact) mass is 230 g/mol. The fraction of sp³-hybridized carbons (Fsp3) is 0.909. The van der Waals surface area contributed by atoms with Gasteiger partial charge in [0.15, 0.2) is 0 Å². The van der Waals surface area contributed by atoms with E-state index >= 15 is 0 Å². The molecule has 0 unspecified atom stereocenters. The molecule has 0 aromatic heterocycles. The Bertz CT molecular complexity index is 193. The van der Waals surface area contributed by atoms with Crippen LogP contribution in [0.3, 0.4) is 0 Å². The van der Waals surface area contributed by atoms with Crippen molar-refractivity contribution in [3.8, 4) is 0 Å². The van der Waals surface area contributed by atoms with Gasteiger partial charge in [-0.3, -0.25) is 4.90 Å². The lowest BCUT2D eigenvalue weighted by Crippen LogP contribution is -2.40. The van der Waals surface area contributed by atoms with Crippen molar-refractivity contribution in [2.24, 2.45) is 5.73 Å². The van der Waals surface area contributed by atoms with E-state index in [0.717, 1.165) is 25.9 Å². The maximum absolute atomic E-state index is 8.76. The number of thiocarbonyl (C=S) groups is 1. The molecule has 0 saturated heterocycles. The summed E-state index contributed by atoms with van der Waals surface area (Å²) in [6, 6.07) is 0.671. The first-order chi connectivity index (χ1) is 7.24. The first-order valence-electron chi connectivity index (χ1n) is 5.87. The van der Waals surface area contributed by atoms with Gasteiger partial charge in [-0.25, -0.2) is 0 Å². The van der Waals surface area contributed by atoms with Crippen LogP contribution in [0.15, 0.2) is 0 Å². The molecule has 1 saturated carbocycles. The lowest BCUT2D eigenvalue weighted by molar-refractivity contribution is 0.210. The van der Waals surface area contributed by atoms with E-state index in [1.54, 1.807) is 0 Å². The van der Waals surface area contributed by atoms with Crippen LogP contribution in [0.5, 0.6) is 0 Å². The summed E-state index contributed by atoms with van der Waals surface area (Å²) in [5, 5.41) is 8.76.